The van der Waals surface area contributed by atoms with E-state index in [0.29, 0.717) is 0 Å². The van der Waals surface area contributed by atoms with E-state index in [4.69, 9.17) is 0 Å². The van der Waals surface area contributed by atoms with Gasteiger partial charge in [-0.2, -0.15) is 0 Å². The molecule has 0 aromatic carbocycles. The number of carboxylic acids is 1. The maximum Gasteiger partial charge on any atom is 1.00 e. The minimum Gasteiger partial charge on any atom is -0.548 e. The van der Waals surface area contributed by atoms with Crippen LogP contribution < -0.4 is 5.11 Å². The topological polar surface area (TPSA) is 94.6 Å². The Morgan fingerprint density at radius 3 is 2.31 bits per heavy atom. The number of aliphatic carboxylic acids is 1. The summed E-state index contributed by atoms with van der Waals surface area (Å²) in [7, 11) is -3.61. The van der Waals surface area contributed by atoms with Crippen molar-refractivity contribution in [3.63, 3.8) is 0 Å². The molecule has 2 saturated heterocycles. The average molecular weight is 340 g/mol. The van der Waals surface area contributed by atoms with Crippen LogP contribution in [0.4, 0.5) is 0 Å². The second-order valence-corrected chi connectivity index (χ2v) is 7.02. The molecule has 0 bridgehead atoms. The first-order chi connectivity index (χ1) is 6.71. The van der Waals surface area contributed by atoms with Gasteiger partial charge < -0.3 is 14.8 Å². The molecule has 0 aliphatic carbocycles. The molecule has 0 N–H and O–H groups in total. The molecule has 2 atom stereocenters. The molecule has 2 aliphatic heterocycles. The number of hydrogen-bond acceptors (Lipinski definition) is 5. The molecule has 2 fully saturated rings. The van der Waals surface area contributed by atoms with Crippen molar-refractivity contribution >= 4 is 21.7 Å². The summed E-state index contributed by atoms with van der Waals surface area (Å²) in [6.45, 7) is 2.63. The monoisotopic (exact) mass is 339 g/mol. The summed E-state index contributed by atoms with van der Waals surface area (Å²) in [6, 6.07) is -1.37. The smallest absolute Gasteiger partial charge is 0.548 e. The maximum absolute atomic E-state index is 11.9. The van der Waals surface area contributed by atoms with E-state index >= 15 is 0 Å². The van der Waals surface area contributed by atoms with E-state index in [-0.39, 0.29) is 28.8 Å². The molecule has 0 spiro atoms. The fraction of sp³-hybridized carbons (Fsp3) is 0.750. The number of β-lactam (4-membered cyclic amide) rings is 1. The van der Waals surface area contributed by atoms with Gasteiger partial charge in [0.2, 0.25) is 5.91 Å². The van der Waals surface area contributed by atoms with Gasteiger partial charge in [0.25, 0.3) is 0 Å². The van der Waals surface area contributed by atoms with Gasteiger partial charge in [-0.25, -0.2) is 8.42 Å². The van der Waals surface area contributed by atoms with Crippen LogP contribution in [0.25, 0.3) is 0 Å². The molecule has 2 aliphatic rings. The fourth-order valence-electron chi connectivity index (χ4n) is 2.21. The van der Waals surface area contributed by atoms with Gasteiger partial charge in [0.1, 0.15) is 5.37 Å². The largest absolute Gasteiger partial charge is 1.00 e. The van der Waals surface area contributed by atoms with Crippen molar-refractivity contribution in [3.8, 4) is 0 Å². The van der Waals surface area contributed by atoms with Crippen LogP contribution in [-0.4, -0.2) is 41.4 Å². The summed E-state index contributed by atoms with van der Waals surface area (Å²) in [5.74, 6) is -1.96. The molecule has 0 saturated carbocycles. The molecule has 16 heavy (non-hydrogen) atoms. The number of hydrogen-bond donors (Lipinski definition) is 0. The third kappa shape index (κ3) is 1.32. The quantitative estimate of drug-likeness (QED) is 0.401. The fourth-order valence-corrected chi connectivity index (χ4v) is 4.33. The Labute approximate surface area is 108 Å². The van der Waals surface area contributed by atoms with E-state index in [9.17, 15) is 23.1 Å². The zero-order valence-corrected chi connectivity index (χ0v) is 10.9. The molecular weight excluding hydrogens is 330 g/mol. The zero-order valence-electron chi connectivity index (χ0n) is 8.56. The summed E-state index contributed by atoms with van der Waals surface area (Å²) in [5, 5.41) is 9.90. The van der Waals surface area contributed by atoms with Crippen LogP contribution in [0, 0.1) is 0 Å². The number of fused-ring (bicyclic) bond motifs is 1. The first kappa shape index (κ1) is 13.7. The number of carbonyl (C=O) groups is 2. The molecule has 8 heteroatoms. The Morgan fingerprint density at radius 1 is 1.50 bits per heavy atom. The molecule has 94 valence electrons. The Morgan fingerprint density at radius 2 is 2.00 bits per heavy atom. The van der Waals surface area contributed by atoms with Gasteiger partial charge in [0.05, 0.1) is 23.2 Å². The van der Waals surface area contributed by atoms with E-state index in [2.05, 4.69) is 0 Å². The van der Waals surface area contributed by atoms with Crippen molar-refractivity contribution in [2.45, 2.75) is 36.4 Å². The molecule has 2 rings (SSSR count). The Kier molecular flexibility index (Phi) is 3.05. The molecular formula is C8H10AgNO5S. The standard InChI is InChI=1S/C8H11NO5S.Ag/c1-8(2)6(7(11)12)9-4(10)3-5(9)15(8,13)14;/h5-6H,3H2,1-2H3,(H,11,12);/q;+1/p-1/t5?,6-;/m0./s1. The van der Waals surface area contributed by atoms with Crippen LogP contribution in [0.2, 0.25) is 0 Å². The second-order valence-electron chi connectivity index (χ2n) is 4.33. The molecule has 6 nitrogen and oxygen atoms in total. The van der Waals surface area contributed by atoms with Gasteiger partial charge in [0.15, 0.2) is 9.84 Å². The molecule has 2 heterocycles. The van der Waals surface area contributed by atoms with Crippen molar-refractivity contribution in [1.82, 2.24) is 4.90 Å². The minimum atomic E-state index is -3.61. The second kappa shape index (κ2) is 3.56. The Hall–Kier alpha value is -0.370. The summed E-state index contributed by atoms with van der Waals surface area (Å²) in [4.78, 5) is 23.0. The van der Waals surface area contributed by atoms with E-state index < -0.39 is 37.9 Å². The van der Waals surface area contributed by atoms with Crippen molar-refractivity contribution < 1.29 is 45.5 Å². The maximum atomic E-state index is 11.9. The van der Waals surface area contributed by atoms with Gasteiger partial charge in [-0.15, -0.1) is 0 Å². The number of carboxylic acid groups (broad SMARTS) is 1. The molecule has 0 aromatic rings. The van der Waals surface area contributed by atoms with Crippen LogP contribution in [0.1, 0.15) is 20.3 Å². The van der Waals surface area contributed by atoms with Crippen molar-refractivity contribution in [3.05, 3.63) is 0 Å². The molecule has 0 aromatic heterocycles. The van der Waals surface area contributed by atoms with Crippen LogP contribution in [0.3, 0.4) is 0 Å². The molecule has 1 unspecified atom stereocenters. The SMILES string of the molecule is CC1(C)[C@H](C(=O)[O-])N2C(=O)CC2S1(=O)=O.[Ag+]. The minimum absolute atomic E-state index is 0. The van der Waals surface area contributed by atoms with Gasteiger partial charge in [-0.05, 0) is 13.8 Å². The average Bonchev–Trinajstić information content (AvgIpc) is 2.19. The predicted molar refractivity (Wildman–Crippen MR) is 47.0 cm³/mol. The van der Waals surface area contributed by atoms with Crippen LogP contribution >= 0.6 is 0 Å². The van der Waals surface area contributed by atoms with Gasteiger partial charge in [0, 0.05) is 0 Å². The van der Waals surface area contributed by atoms with Crippen LogP contribution in [0.15, 0.2) is 0 Å². The molecule has 1 amide bonds. The van der Waals surface area contributed by atoms with Gasteiger partial charge in [-0.1, -0.05) is 0 Å². The first-order valence-electron chi connectivity index (χ1n) is 4.46. The van der Waals surface area contributed by atoms with Gasteiger partial charge >= 0.3 is 22.4 Å². The normalized spacial score (nSPS) is 33.6. The Balaban J connectivity index is 0.00000128. The molecule has 0 radical (unpaired) electrons. The van der Waals surface area contributed by atoms with E-state index in [0.717, 1.165) is 4.90 Å². The number of rotatable bonds is 1. The summed E-state index contributed by atoms with van der Waals surface area (Å²) in [5.41, 5.74) is 0. The van der Waals surface area contributed by atoms with Gasteiger partial charge in [-0.3, -0.25) is 4.79 Å². The van der Waals surface area contributed by atoms with Crippen LogP contribution in [-0.2, 0) is 41.8 Å². The van der Waals surface area contributed by atoms with E-state index in [1.54, 1.807) is 0 Å². The van der Waals surface area contributed by atoms with Crippen molar-refractivity contribution in [1.29, 1.82) is 0 Å². The Bertz CT molecular complexity index is 457. The van der Waals surface area contributed by atoms with Crippen LogP contribution in [0.5, 0.6) is 0 Å². The zero-order chi connectivity index (χ0) is 11.6. The number of sulfone groups is 1. The summed E-state index contributed by atoms with van der Waals surface area (Å²) >= 11 is 0. The number of amides is 1. The summed E-state index contributed by atoms with van der Waals surface area (Å²) in [6.07, 6.45) is -0.116. The van der Waals surface area contributed by atoms with E-state index in [1.807, 2.05) is 0 Å². The summed E-state index contributed by atoms with van der Waals surface area (Å²) < 4.78 is 22.2. The first-order valence-corrected chi connectivity index (χ1v) is 6.01. The number of carbonyl (C=O) groups excluding carboxylic acids is 2. The van der Waals surface area contributed by atoms with Crippen molar-refractivity contribution in [2.75, 3.05) is 0 Å². The predicted octanol–water partition coefficient (Wildman–Crippen LogP) is -2.13. The third-order valence-electron chi connectivity index (χ3n) is 3.20. The number of nitrogens with zero attached hydrogens (tertiary/aromatic N) is 1. The van der Waals surface area contributed by atoms with E-state index in [1.165, 1.54) is 13.8 Å². The van der Waals surface area contributed by atoms with Crippen molar-refractivity contribution in [2.24, 2.45) is 0 Å². The third-order valence-corrected chi connectivity index (χ3v) is 6.00.